The maximum Gasteiger partial charge on any atom is 0.301 e. The second-order valence-electron chi connectivity index (χ2n) is 9.20. The average molecular weight is 541 g/mol. The molecule has 0 spiro atoms. The summed E-state index contributed by atoms with van der Waals surface area (Å²) in [7, 11) is 0. The Bertz CT molecular complexity index is 1490. The first-order chi connectivity index (χ1) is 19.0. The highest BCUT2D eigenvalue weighted by Gasteiger charge is 2.48. The maximum absolute atomic E-state index is 13.3. The van der Waals surface area contributed by atoms with Gasteiger partial charge in [-0.2, -0.15) is 0 Å². The third-order valence-electron chi connectivity index (χ3n) is 6.35. The molecule has 1 fully saturated rings. The minimum absolute atomic E-state index is 0.00542. The Kier molecular flexibility index (Phi) is 7.74. The van der Waals surface area contributed by atoms with Crippen LogP contribution in [0.15, 0.2) is 89.9 Å². The highest BCUT2D eigenvalue weighted by atomic mass is 32.1. The highest BCUT2D eigenvalue weighted by Crippen LogP contribution is 2.43. The minimum atomic E-state index is -0.839. The molecule has 0 radical (unpaired) electrons. The number of thiazole rings is 1. The molecule has 39 heavy (non-hydrogen) atoms. The van der Waals surface area contributed by atoms with Gasteiger partial charge in [0.25, 0.3) is 5.78 Å². The molecule has 2 heterocycles. The number of benzene rings is 3. The van der Waals surface area contributed by atoms with E-state index in [9.17, 15) is 14.7 Å². The molecule has 4 aromatic rings. The van der Waals surface area contributed by atoms with Crippen molar-refractivity contribution in [2.24, 2.45) is 0 Å². The summed E-state index contributed by atoms with van der Waals surface area (Å²) >= 11 is 1.25. The van der Waals surface area contributed by atoms with Gasteiger partial charge in [0.2, 0.25) is 0 Å². The molecular formula is C31H28N2O5S. The number of aryl methyl sites for hydroxylation is 1. The van der Waals surface area contributed by atoms with E-state index in [2.05, 4.69) is 11.1 Å². The van der Waals surface area contributed by atoms with Crippen molar-refractivity contribution in [3.05, 3.63) is 112 Å². The van der Waals surface area contributed by atoms with Gasteiger partial charge in [0.05, 0.1) is 18.2 Å². The molecule has 1 unspecified atom stereocenters. The van der Waals surface area contributed by atoms with Crippen molar-refractivity contribution < 1.29 is 24.2 Å². The van der Waals surface area contributed by atoms with E-state index in [1.165, 1.54) is 16.2 Å². The van der Waals surface area contributed by atoms with Crippen LogP contribution in [0.25, 0.3) is 5.76 Å². The number of rotatable bonds is 9. The number of aliphatic hydroxyl groups is 1. The lowest BCUT2D eigenvalue weighted by Gasteiger charge is -2.23. The minimum Gasteiger partial charge on any atom is -0.507 e. The summed E-state index contributed by atoms with van der Waals surface area (Å²) < 4.78 is 11.6. The second-order valence-corrected chi connectivity index (χ2v) is 10.1. The smallest absolute Gasteiger partial charge is 0.301 e. The number of aromatic nitrogens is 1. The number of aliphatic hydroxyl groups excluding tert-OH is 1. The van der Waals surface area contributed by atoms with Crippen molar-refractivity contribution in [2.75, 3.05) is 11.5 Å². The number of amides is 1. The van der Waals surface area contributed by atoms with Crippen molar-refractivity contribution in [3.8, 4) is 11.5 Å². The van der Waals surface area contributed by atoms with Crippen LogP contribution in [-0.2, 0) is 16.2 Å². The van der Waals surface area contributed by atoms with Crippen LogP contribution in [-0.4, -0.2) is 28.4 Å². The van der Waals surface area contributed by atoms with E-state index >= 15 is 0 Å². The van der Waals surface area contributed by atoms with E-state index in [0.717, 1.165) is 17.5 Å². The third-order valence-corrected chi connectivity index (χ3v) is 7.12. The first-order valence-corrected chi connectivity index (χ1v) is 13.6. The SMILES string of the molecule is CCCOc1ccc(C2C(=C(O)c3ccc(OCc4cccc(C)c4)cc3)C(=O)C(=O)N2c2nccs2)cc1. The molecule has 3 aromatic carbocycles. The fourth-order valence-corrected chi connectivity index (χ4v) is 5.15. The Labute approximate surface area is 231 Å². The van der Waals surface area contributed by atoms with Gasteiger partial charge in [-0.3, -0.25) is 14.5 Å². The molecule has 0 bridgehead atoms. The molecule has 1 N–H and O–H groups in total. The molecule has 1 saturated heterocycles. The summed E-state index contributed by atoms with van der Waals surface area (Å²) in [5.41, 5.74) is 3.28. The van der Waals surface area contributed by atoms with Crippen LogP contribution in [0, 0.1) is 6.92 Å². The van der Waals surface area contributed by atoms with Gasteiger partial charge in [-0.25, -0.2) is 4.98 Å². The van der Waals surface area contributed by atoms with E-state index in [1.807, 2.05) is 32.0 Å². The zero-order chi connectivity index (χ0) is 27.4. The molecule has 0 saturated carbocycles. The molecule has 1 aliphatic heterocycles. The van der Waals surface area contributed by atoms with Gasteiger partial charge in [-0.1, -0.05) is 48.9 Å². The molecule has 1 atom stereocenters. The molecule has 198 valence electrons. The van der Waals surface area contributed by atoms with E-state index in [0.29, 0.717) is 41.0 Å². The summed E-state index contributed by atoms with van der Waals surface area (Å²) in [5, 5.41) is 13.5. The highest BCUT2D eigenvalue weighted by molar-refractivity contribution is 7.14. The second kappa shape index (κ2) is 11.5. The Hall–Kier alpha value is -4.43. The molecule has 5 rings (SSSR count). The molecular weight excluding hydrogens is 512 g/mol. The topological polar surface area (TPSA) is 89.0 Å². The summed E-state index contributed by atoms with van der Waals surface area (Å²) in [6.45, 7) is 5.05. The first-order valence-electron chi connectivity index (χ1n) is 12.7. The van der Waals surface area contributed by atoms with Crippen LogP contribution in [0.5, 0.6) is 11.5 Å². The number of ether oxygens (including phenoxy) is 2. The summed E-state index contributed by atoms with van der Waals surface area (Å²) in [5.74, 6) is -0.447. The summed E-state index contributed by atoms with van der Waals surface area (Å²) in [4.78, 5) is 32.1. The lowest BCUT2D eigenvalue weighted by atomic mass is 9.95. The van der Waals surface area contributed by atoms with E-state index < -0.39 is 17.7 Å². The van der Waals surface area contributed by atoms with Gasteiger partial charge < -0.3 is 14.6 Å². The largest absolute Gasteiger partial charge is 0.507 e. The standard InChI is InChI=1S/C31H28N2O5S/c1-3-16-37-24-11-7-22(8-12-24)27-26(29(35)30(36)33(27)31-32-15-17-39-31)28(34)23-9-13-25(14-10-23)38-19-21-6-4-5-20(2)18-21/h4-15,17-18,27,34H,3,16,19H2,1-2H3. The number of carbonyl (C=O) groups excluding carboxylic acids is 2. The van der Waals surface area contributed by atoms with Crippen LogP contribution in [0.3, 0.4) is 0 Å². The van der Waals surface area contributed by atoms with Gasteiger partial charge >= 0.3 is 5.91 Å². The van der Waals surface area contributed by atoms with Crippen molar-refractivity contribution >= 4 is 33.9 Å². The first kappa shape index (κ1) is 26.2. The Morgan fingerprint density at radius 2 is 1.72 bits per heavy atom. The molecule has 1 amide bonds. The molecule has 7 nitrogen and oxygen atoms in total. The molecule has 8 heteroatoms. The van der Waals surface area contributed by atoms with Crippen molar-refractivity contribution in [1.29, 1.82) is 0 Å². The van der Waals surface area contributed by atoms with Gasteiger partial charge in [0, 0.05) is 17.1 Å². The average Bonchev–Trinajstić information content (AvgIpc) is 3.57. The monoisotopic (exact) mass is 540 g/mol. The lowest BCUT2D eigenvalue weighted by molar-refractivity contribution is -0.132. The molecule has 1 aromatic heterocycles. The van der Waals surface area contributed by atoms with Crippen molar-refractivity contribution in [3.63, 3.8) is 0 Å². The van der Waals surface area contributed by atoms with Crippen molar-refractivity contribution in [1.82, 2.24) is 4.98 Å². The fourth-order valence-electron chi connectivity index (χ4n) is 4.48. The van der Waals surface area contributed by atoms with Crippen LogP contribution in [0.4, 0.5) is 5.13 Å². The number of ketones is 1. The van der Waals surface area contributed by atoms with E-state index in [4.69, 9.17) is 9.47 Å². The predicted octanol–water partition coefficient (Wildman–Crippen LogP) is 6.45. The third kappa shape index (κ3) is 5.56. The lowest BCUT2D eigenvalue weighted by Crippen LogP contribution is -2.29. The van der Waals surface area contributed by atoms with Gasteiger partial charge in [0.15, 0.2) is 5.13 Å². The Balaban J connectivity index is 1.47. The Morgan fingerprint density at radius 1 is 1.00 bits per heavy atom. The van der Waals surface area contributed by atoms with E-state index in [1.54, 1.807) is 60.1 Å². The fraction of sp³-hybridized carbons (Fsp3) is 0.194. The Morgan fingerprint density at radius 3 is 2.38 bits per heavy atom. The van der Waals surface area contributed by atoms with Crippen LogP contribution in [0.2, 0.25) is 0 Å². The van der Waals surface area contributed by atoms with Crippen LogP contribution in [0.1, 0.15) is 41.6 Å². The molecule has 1 aliphatic rings. The zero-order valence-corrected chi connectivity index (χ0v) is 22.5. The number of Topliss-reactive ketones (excluding diaryl/α,β-unsaturated/α-hetero) is 1. The number of hydrogen-bond donors (Lipinski definition) is 1. The van der Waals surface area contributed by atoms with E-state index in [-0.39, 0.29) is 11.3 Å². The zero-order valence-electron chi connectivity index (χ0n) is 21.7. The van der Waals surface area contributed by atoms with Crippen LogP contribution >= 0.6 is 11.3 Å². The number of anilines is 1. The van der Waals surface area contributed by atoms with Crippen LogP contribution < -0.4 is 14.4 Å². The molecule has 0 aliphatic carbocycles. The maximum atomic E-state index is 13.3. The van der Waals surface area contributed by atoms with Gasteiger partial charge in [0.1, 0.15) is 23.9 Å². The summed E-state index contributed by atoms with van der Waals surface area (Å²) in [6.07, 6.45) is 2.45. The normalized spacial score (nSPS) is 16.5. The number of nitrogens with zero attached hydrogens (tertiary/aromatic N) is 2. The van der Waals surface area contributed by atoms with Gasteiger partial charge in [-0.05, 0) is 60.9 Å². The quantitative estimate of drug-likeness (QED) is 0.149. The summed E-state index contributed by atoms with van der Waals surface area (Å²) in [6, 6.07) is 21.3. The van der Waals surface area contributed by atoms with Gasteiger partial charge in [-0.15, -0.1) is 11.3 Å². The number of hydrogen-bond acceptors (Lipinski definition) is 7. The predicted molar refractivity (Wildman–Crippen MR) is 151 cm³/mol. The number of carbonyl (C=O) groups is 2. The van der Waals surface area contributed by atoms with Crippen molar-refractivity contribution in [2.45, 2.75) is 32.9 Å².